The zero-order chi connectivity index (χ0) is 11.5. The number of hydrazine groups is 1. The Balaban J connectivity index is 3.46. The average Bonchev–Trinajstić information content (AvgIpc) is 2.21. The monoisotopic (exact) mass is 212 g/mol. The van der Waals surface area contributed by atoms with Crippen LogP contribution in [0.15, 0.2) is 12.2 Å². The number of unbranched alkanes of at least 4 members (excludes halogenated alkanes) is 3. The Bertz CT molecular complexity index is 190. The van der Waals surface area contributed by atoms with Gasteiger partial charge in [0.05, 0.1) is 0 Å². The molecule has 0 heterocycles. The van der Waals surface area contributed by atoms with Crippen molar-refractivity contribution in [1.82, 2.24) is 10.4 Å². The highest BCUT2D eigenvalue weighted by atomic mass is 16.2. The number of carbonyl (C=O) groups is 1. The summed E-state index contributed by atoms with van der Waals surface area (Å²) in [6, 6.07) is 0. The van der Waals surface area contributed by atoms with Crippen LogP contribution >= 0.6 is 0 Å². The van der Waals surface area contributed by atoms with Crippen LogP contribution in [0.4, 0.5) is 0 Å². The summed E-state index contributed by atoms with van der Waals surface area (Å²) in [6.07, 6.45) is 9.13. The largest absolute Gasteiger partial charge is 0.289 e. The number of hydrogen-bond acceptors (Lipinski definition) is 2. The molecule has 0 aliphatic carbocycles. The zero-order valence-electron chi connectivity index (χ0n) is 10.3. The van der Waals surface area contributed by atoms with Gasteiger partial charge in [-0.2, -0.15) is 0 Å². The molecule has 3 heteroatoms. The molecule has 0 saturated carbocycles. The lowest BCUT2D eigenvalue weighted by Crippen LogP contribution is -2.39. The Hall–Kier alpha value is -0.830. The molecular formula is C12H24N2O. The Kier molecular flexibility index (Phi) is 9.18. The molecular weight excluding hydrogens is 188 g/mol. The third-order valence-corrected chi connectivity index (χ3v) is 2.20. The number of amides is 1. The van der Waals surface area contributed by atoms with Crippen molar-refractivity contribution in [1.29, 1.82) is 0 Å². The number of carbonyl (C=O) groups excluding carboxylic acids is 1. The molecule has 0 rings (SSSR count). The van der Waals surface area contributed by atoms with Gasteiger partial charge < -0.3 is 0 Å². The van der Waals surface area contributed by atoms with Crippen molar-refractivity contribution in [3.8, 4) is 0 Å². The minimum Gasteiger partial charge on any atom is -0.289 e. The molecule has 0 aliphatic heterocycles. The summed E-state index contributed by atoms with van der Waals surface area (Å²) in [5, 5.41) is 1.88. The standard InChI is InChI=1S/C12H24N2O/c1-4-6-8-9-11-14(3)13-12(15)10-7-5-2/h5,7H,4,6,8-11H2,1-3H3,(H,13,15)/b7-5-. The smallest absolute Gasteiger partial charge is 0.238 e. The topological polar surface area (TPSA) is 32.3 Å². The van der Waals surface area contributed by atoms with E-state index in [4.69, 9.17) is 0 Å². The molecule has 1 amide bonds. The molecule has 0 saturated heterocycles. The maximum atomic E-state index is 11.3. The molecule has 15 heavy (non-hydrogen) atoms. The van der Waals surface area contributed by atoms with Crippen molar-refractivity contribution in [2.24, 2.45) is 0 Å². The van der Waals surface area contributed by atoms with Gasteiger partial charge in [-0.15, -0.1) is 0 Å². The molecule has 1 N–H and O–H groups in total. The quantitative estimate of drug-likeness (QED) is 0.381. The van der Waals surface area contributed by atoms with E-state index in [-0.39, 0.29) is 5.91 Å². The summed E-state index contributed by atoms with van der Waals surface area (Å²) in [5.41, 5.74) is 2.83. The van der Waals surface area contributed by atoms with Gasteiger partial charge in [-0.3, -0.25) is 10.2 Å². The van der Waals surface area contributed by atoms with Gasteiger partial charge in [-0.1, -0.05) is 38.3 Å². The minimum atomic E-state index is 0.0612. The van der Waals surface area contributed by atoms with Crippen molar-refractivity contribution in [2.75, 3.05) is 13.6 Å². The molecule has 0 aromatic heterocycles. The van der Waals surface area contributed by atoms with Crippen LogP contribution in [0, 0.1) is 0 Å². The van der Waals surface area contributed by atoms with Gasteiger partial charge >= 0.3 is 0 Å². The highest BCUT2D eigenvalue weighted by Crippen LogP contribution is 1.99. The summed E-state index contributed by atoms with van der Waals surface area (Å²) in [5.74, 6) is 0.0612. The van der Waals surface area contributed by atoms with E-state index in [0.717, 1.165) is 13.0 Å². The molecule has 3 nitrogen and oxygen atoms in total. The average molecular weight is 212 g/mol. The highest BCUT2D eigenvalue weighted by molar-refractivity contribution is 5.76. The fourth-order valence-corrected chi connectivity index (χ4v) is 1.32. The lowest BCUT2D eigenvalue weighted by Gasteiger charge is -2.17. The van der Waals surface area contributed by atoms with Gasteiger partial charge in [0.15, 0.2) is 0 Å². The second-order valence-electron chi connectivity index (χ2n) is 3.79. The molecule has 0 bridgehead atoms. The fourth-order valence-electron chi connectivity index (χ4n) is 1.32. The van der Waals surface area contributed by atoms with Gasteiger partial charge in [0.25, 0.3) is 0 Å². The van der Waals surface area contributed by atoms with Gasteiger partial charge in [-0.25, -0.2) is 5.01 Å². The maximum absolute atomic E-state index is 11.3. The van der Waals surface area contributed by atoms with Gasteiger partial charge in [0, 0.05) is 20.0 Å². The Labute approximate surface area is 93.5 Å². The number of rotatable bonds is 8. The molecule has 0 aromatic rings. The third-order valence-electron chi connectivity index (χ3n) is 2.20. The third kappa shape index (κ3) is 9.47. The molecule has 0 unspecified atom stereocenters. The first-order valence-corrected chi connectivity index (χ1v) is 5.82. The first-order valence-electron chi connectivity index (χ1n) is 5.82. The van der Waals surface area contributed by atoms with Crippen molar-refractivity contribution in [3.05, 3.63) is 12.2 Å². The van der Waals surface area contributed by atoms with Crippen LogP contribution in [0.25, 0.3) is 0 Å². The van der Waals surface area contributed by atoms with Crippen LogP contribution in [-0.4, -0.2) is 24.5 Å². The molecule has 88 valence electrons. The van der Waals surface area contributed by atoms with Crippen LogP contribution in [0.1, 0.15) is 46.0 Å². The molecule has 0 aliphatic rings. The van der Waals surface area contributed by atoms with Crippen LogP contribution in [0.3, 0.4) is 0 Å². The first-order chi connectivity index (χ1) is 7.20. The number of nitrogens with zero attached hydrogens (tertiary/aromatic N) is 1. The molecule has 0 fully saturated rings. The lowest BCUT2D eigenvalue weighted by molar-refractivity contribution is -0.124. The van der Waals surface area contributed by atoms with Crippen molar-refractivity contribution < 1.29 is 4.79 Å². The van der Waals surface area contributed by atoms with Crippen LogP contribution in [-0.2, 0) is 4.79 Å². The zero-order valence-corrected chi connectivity index (χ0v) is 10.3. The van der Waals surface area contributed by atoms with Gasteiger partial charge in [-0.05, 0) is 13.3 Å². The predicted molar refractivity (Wildman–Crippen MR) is 64.3 cm³/mol. The van der Waals surface area contributed by atoms with E-state index < -0.39 is 0 Å². The molecule has 0 spiro atoms. The van der Waals surface area contributed by atoms with E-state index in [0.29, 0.717) is 6.42 Å². The molecule has 0 aromatic carbocycles. The number of nitrogens with one attached hydrogen (secondary N) is 1. The van der Waals surface area contributed by atoms with Crippen molar-refractivity contribution in [2.45, 2.75) is 46.0 Å². The Morgan fingerprint density at radius 2 is 2.07 bits per heavy atom. The van der Waals surface area contributed by atoms with Crippen LogP contribution < -0.4 is 5.43 Å². The first kappa shape index (κ1) is 14.2. The summed E-state index contributed by atoms with van der Waals surface area (Å²) in [7, 11) is 1.92. The second kappa shape index (κ2) is 9.71. The lowest BCUT2D eigenvalue weighted by atomic mass is 10.2. The minimum absolute atomic E-state index is 0.0612. The summed E-state index contributed by atoms with van der Waals surface area (Å²) in [6.45, 7) is 5.05. The number of allylic oxidation sites excluding steroid dienone is 1. The van der Waals surface area contributed by atoms with Gasteiger partial charge in [0.2, 0.25) is 5.91 Å². The van der Waals surface area contributed by atoms with E-state index in [1.807, 2.05) is 31.1 Å². The molecule has 0 atom stereocenters. The van der Waals surface area contributed by atoms with Crippen molar-refractivity contribution >= 4 is 5.91 Å². The van der Waals surface area contributed by atoms with E-state index in [1.165, 1.54) is 19.3 Å². The van der Waals surface area contributed by atoms with E-state index in [2.05, 4.69) is 12.3 Å². The molecule has 0 radical (unpaired) electrons. The maximum Gasteiger partial charge on any atom is 0.238 e. The normalized spacial score (nSPS) is 11.2. The summed E-state index contributed by atoms with van der Waals surface area (Å²) in [4.78, 5) is 11.3. The fraction of sp³-hybridized carbons (Fsp3) is 0.750. The van der Waals surface area contributed by atoms with Crippen LogP contribution in [0.2, 0.25) is 0 Å². The van der Waals surface area contributed by atoms with E-state index in [9.17, 15) is 4.79 Å². The van der Waals surface area contributed by atoms with Gasteiger partial charge in [0.1, 0.15) is 0 Å². The number of hydrogen-bond donors (Lipinski definition) is 1. The summed E-state index contributed by atoms with van der Waals surface area (Å²) < 4.78 is 0. The van der Waals surface area contributed by atoms with Crippen LogP contribution in [0.5, 0.6) is 0 Å². The summed E-state index contributed by atoms with van der Waals surface area (Å²) >= 11 is 0. The SMILES string of the molecule is C/C=C\CC(=O)NN(C)CCCCCC. The van der Waals surface area contributed by atoms with E-state index in [1.54, 1.807) is 0 Å². The van der Waals surface area contributed by atoms with Crippen molar-refractivity contribution in [3.63, 3.8) is 0 Å². The second-order valence-corrected chi connectivity index (χ2v) is 3.79. The van der Waals surface area contributed by atoms with E-state index >= 15 is 0 Å². The predicted octanol–water partition coefficient (Wildman–Crippen LogP) is 2.50. The Morgan fingerprint density at radius 3 is 2.67 bits per heavy atom. The Morgan fingerprint density at radius 1 is 1.33 bits per heavy atom. The highest BCUT2D eigenvalue weighted by Gasteiger charge is 2.01.